The van der Waals surface area contributed by atoms with Gasteiger partial charge in [-0.2, -0.15) is 16.8 Å². The van der Waals surface area contributed by atoms with Crippen LogP contribution in [0.4, 0.5) is 5.69 Å². The fourth-order valence-corrected chi connectivity index (χ4v) is 5.73. The lowest BCUT2D eigenvalue weighted by Gasteiger charge is -2.02. The maximum atomic E-state index is 13.0. The van der Waals surface area contributed by atoms with Gasteiger partial charge < -0.3 is 10.1 Å². The average Bonchev–Trinajstić information content (AvgIpc) is 3.39. The average molecular weight is 575 g/mol. The number of carbonyl (C=O) groups is 1. The van der Waals surface area contributed by atoms with Crippen LogP contribution in [0.25, 0.3) is 33.8 Å². The molecule has 0 unspecified atom stereocenters. The molecule has 0 amide bonds. The van der Waals surface area contributed by atoms with Gasteiger partial charge in [-0.3, -0.25) is 13.9 Å². The largest absolute Gasteiger partial charge is 0.505 e. The first-order chi connectivity index (χ1) is 18.9. The maximum absolute atomic E-state index is 13.0. The van der Waals surface area contributed by atoms with Crippen LogP contribution >= 0.6 is 0 Å². The molecule has 40 heavy (non-hydrogen) atoms. The molecule has 5 aromatic rings. The molecule has 0 fully saturated rings. The lowest BCUT2D eigenvalue weighted by atomic mass is 10.0. The highest BCUT2D eigenvalue weighted by Crippen LogP contribution is 2.32. The van der Waals surface area contributed by atoms with Crippen LogP contribution < -0.4 is 10.4 Å². The second kappa shape index (κ2) is 8.96. The molecule has 4 N–H and O–H groups in total. The van der Waals surface area contributed by atoms with Crippen molar-refractivity contribution in [1.82, 2.24) is 4.98 Å². The van der Waals surface area contributed by atoms with Crippen molar-refractivity contribution in [1.29, 1.82) is 0 Å². The Morgan fingerprint density at radius 3 is 1.98 bits per heavy atom. The molecule has 4 aromatic carbocycles. The monoisotopic (exact) mass is 574 g/mol. The Balaban J connectivity index is 1.46. The normalized spacial score (nSPS) is 14.8. The first-order valence-electron chi connectivity index (χ1n) is 11.7. The quantitative estimate of drug-likeness (QED) is 0.237. The number of nitrogens with one attached hydrogen (secondary N) is 1. The van der Waals surface area contributed by atoms with E-state index in [-0.39, 0.29) is 27.3 Å². The number of carbonyl (C=O) groups excluding carboxylic acids is 1. The number of hydrogen-bond donors (Lipinski definition) is 4. The van der Waals surface area contributed by atoms with Gasteiger partial charge in [0.05, 0.1) is 26.7 Å². The van der Waals surface area contributed by atoms with Crippen molar-refractivity contribution in [3.63, 3.8) is 0 Å². The predicted octanol–water partition coefficient (Wildman–Crippen LogP) is 3.10. The molecule has 0 bridgehead atoms. The zero-order valence-electron chi connectivity index (χ0n) is 20.2. The first-order valence-corrected chi connectivity index (χ1v) is 14.6. The van der Waals surface area contributed by atoms with Gasteiger partial charge in [-0.15, -0.1) is 0 Å². The second-order valence-electron chi connectivity index (χ2n) is 9.13. The number of Topliss-reactive ketones (excluding diaryl/α,β-unsaturated/α-hetero) is 1. The van der Waals surface area contributed by atoms with Crippen LogP contribution in [0.15, 0.2) is 87.6 Å². The Kier molecular flexibility index (Phi) is 5.75. The second-order valence-corrected chi connectivity index (χ2v) is 12.0. The number of benzene rings is 4. The summed E-state index contributed by atoms with van der Waals surface area (Å²) < 4.78 is 64.7. The highest BCUT2D eigenvalue weighted by atomic mass is 32.2. The van der Waals surface area contributed by atoms with Gasteiger partial charge >= 0.3 is 0 Å². The fraction of sp³-hybridized carbons (Fsp3) is 0. The van der Waals surface area contributed by atoms with E-state index in [1.807, 2.05) is 24.3 Å². The summed E-state index contributed by atoms with van der Waals surface area (Å²) in [5.41, 5.74) is 1.27. The van der Waals surface area contributed by atoms with E-state index in [9.17, 15) is 35.8 Å². The van der Waals surface area contributed by atoms with E-state index in [1.54, 1.807) is 24.3 Å². The minimum Gasteiger partial charge on any atom is -0.505 e. The number of nitrogens with zero attached hydrogens (tertiary/aromatic N) is 1. The molecule has 10 nitrogen and oxygen atoms in total. The number of aromatic hydroxyl groups is 1. The highest BCUT2D eigenvalue weighted by molar-refractivity contribution is 7.86. The van der Waals surface area contributed by atoms with E-state index in [2.05, 4.69) is 9.98 Å². The summed E-state index contributed by atoms with van der Waals surface area (Å²) in [7, 11) is -8.92. The molecule has 12 heteroatoms. The SMILES string of the molecule is O=C1C(C=c2ccc(=Cc3[nH]c4ccc(S(=O)(=O)O)cc4c3O)c3ccccc23)=Nc2ccc(S(=O)(=O)O)cc21. The first kappa shape index (κ1) is 25.6. The molecule has 1 aromatic heterocycles. The van der Waals surface area contributed by atoms with Crippen LogP contribution in [-0.2, 0) is 20.2 Å². The zero-order valence-corrected chi connectivity index (χ0v) is 21.9. The van der Waals surface area contributed by atoms with Gasteiger partial charge in [0, 0.05) is 10.9 Å². The van der Waals surface area contributed by atoms with Gasteiger partial charge in [0.15, 0.2) is 0 Å². The van der Waals surface area contributed by atoms with E-state index in [0.29, 0.717) is 27.3 Å². The minimum absolute atomic E-state index is 0.0714. The molecule has 2 heterocycles. The van der Waals surface area contributed by atoms with Gasteiger partial charge in [0.25, 0.3) is 20.2 Å². The Morgan fingerprint density at radius 2 is 1.32 bits per heavy atom. The van der Waals surface area contributed by atoms with Crippen molar-refractivity contribution in [2.24, 2.45) is 4.99 Å². The van der Waals surface area contributed by atoms with Crippen molar-refractivity contribution in [3.8, 4) is 5.75 Å². The number of ketones is 1. The topological polar surface area (TPSA) is 174 Å². The Morgan fingerprint density at radius 1 is 0.725 bits per heavy atom. The summed E-state index contributed by atoms with van der Waals surface area (Å²) in [4.78, 5) is 19.7. The van der Waals surface area contributed by atoms with E-state index >= 15 is 0 Å². The van der Waals surface area contributed by atoms with Crippen molar-refractivity contribution in [2.45, 2.75) is 9.79 Å². The summed E-state index contributed by atoms with van der Waals surface area (Å²) in [6, 6.07) is 18.4. The predicted molar refractivity (Wildman–Crippen MR) is 149 cm³/mol. The highest BCUT2D eigenvalue weighted by Gasteiger charge is 2.25. The molecule has 0 saturated carbocycles. The van der Waals surface area contributed by atoms with Crippen molar-refractivity contribution < 1.29 is 35.8 Å². The van der Waals surface area contributed by atoms with Crippen LogP contribution in [0.5, 0.6) is 5.75 Å². The third-order valence-corrected chi connectivity index (χ3v) is 8.34. The molecule has 0 aliphatic carbocycles. The summed E-state index contributed by atoms with van der Waals surface area (Å²) in [5.74, 6) is -0.666. The molecule has 1 aliphatic rings. The van der Waals surface area contributed by atoms with Crippen molar-refractivity contribution in [2.75, 3.05) is 0 Å². The van der Waals surface area contributed by atoms with E-state index in [0.717, 1.165) is 16.8 Å². The summed E-state index contributed by atoms with van der Waals surface area (Å²) >= 11 is 0. The summed E-state index contributed by atoms with van der Waals surface area (Å²) in [5, 5.41) is 14.0. The van der Waals surface area contributed by atoms with E-state index < -0.39 is 30.9 Å². The number of H-pyrrole nitrogens is 1. The number of fused-ring (bicyclic) bond motifs is 3. The molecule has 200 valence electrons. The van der Waals surface area contributed by atoms with Crippen LogP contribution in [0, 0.1) is 0 Å². The van der Waals surface area contributed by atoms with E-state index in [4.69, 9.17) is 0 Å². The van der Waals surface area contributed by atoms with Crippen LogP contribution in [0.1, 0.15) is 16.1 Å². The standard InChI is InChI=1S/C28H18N2O8S2/c31-27-21-13-17(39(33,34)35)7-9-23(21)29-25(27)11-15-5-6-16(20-4-2-1-3-19(15)20)12-26-28(32)22-14-18(40(36,37)38)8-10-24(22)30-26/h1-14,29,31H,(H,33,34,35)(H,36,37,38). The summed E-state index contributed by atoms with van der Waals surface area (Å²) in [6.45, 7) is 0. The van der Waals surface area contributed by atoms with Gasteiger partial charge in [-0.05, 0) is 69.8 Å². The third-order valence-electron chi connectivity index (χ3n) is 6.64. The molecule has 6 rings (SSSR count). The zero-order chi connectivity index (χ0) is 28.4. The minimum atomic E-state index is -4.48. The van der Waals surface area contributed by atoms with Gasteiger partial charge in [0.2, 0.25) is 5.78 Å². The Hall–Kier alpha value is -4.62. The lowest BCUT2D eigenvalue weighted by molar-refractivity contribution is 0.107. The number of aromatic amines is 1. The van der Waals surface area contributed by atoms with Crippen LogP contribution in [-0.4, -0.2) is 47.5 Å². The number of aromatic nitrogens is 1. The van der Waals surface area contributed by atoms with Crippen LogP contribution in [0.3, 0.4) is 0 Å². The number of aliphatic imine (C=N–C) groups is 1. The molecule has 0 spiro atoms. The molecular weight excluding hydrogens is 556 g/mol. The third kappa shape index (κ3) is 4.38. The van der Waals surface area contributed by atoms with Crippen LogP contribution in [0.2, 0.25) is 0 Å². The molecule has 0 saturated heterocycles. The molecule has 0 atom stereocenters. The summed E-state index contributed by atoms with van der Waals surface area (Å²) in [6.07, 6.45) is 3.29. The van der Waals surface area contributed by atoms with Crippen molar-refractivity contribution >= 4 is 71.2 Å². The maximum Gasteiger partial charge on any atom is 0.294 e. The lowest BCUT2D eigenvalue weighted by Crippen LogP contribution is -2.16. The number of hydrogen-bond acceptors (Lipinski definition) is 7. The van der Waals surface area contributed by atoms with Gasteiger partial charge in [-0.1, -0.05) is 36.4 Å². The van der Waals surface area contributed by atoms with E-state index in [1.165, 1.54) is 30.3 Å². The molecular formula is C28H18N2O8S2. The van der Waals surface area contributed by atoms with Gasteiger partial charge in [0.1, 0.15) is 11.5 Å². The Bertz CT molecular complexity index is 2300. The van der Waals surface area contributed by atoms with Gasteiger partial charge in [-0.25, -0.2) is 4.99 Å². The molecule has 1 aliphatic heterocycles. The molecule has 0 radical (unpaired) electrons. The number of rotatable bonds is 4. The van der Waals surface area contributed by atoms with Crippen molar-refractivity contribution in [3.05, 3.63) is 94.5 Å². The Labute approximate surface area is 226 Å². The fourth-order valence-electron chi connectivity index (χ4n) is 4.71. The smallest absolute Gasteiger partial charge is 0.294 e.